The van der Waals surface area contributed by atoms with Crippen molar-refractivity contribution in [1.29, 1.82) is 0 Å². The fourth-order valence-electron chi connectivity index (χ4n) is 3.89. The summed E-state index contributed by atoms with van der Waals surface area (Å²) in [5, 5.41) is 2.88. The van der Waals surface area contributed by atoms with Crippen molar-refractivity contribution < 1.29 is 22.8 Å². The minimum atomic E-state index is -5.14. The number of rotatable bonds is 5. The molecule has 31 heavy (non-hydrogen) atoms. The molecule has 1 fully saturated rings. The van der Waals surface area contributed by atoms with Gasteiger partial charge in [-0.2, -0.15) is 13.2 Å². The number of nitrogens with zero attached hydrogens (tertiary/aromatic N) is 2. The molecule has 1 heterocycles. The van der Waals surface area contributed by atoms with Gasteiger partial charge in [0.25, 0.3) is 0 Å². The summed E-state index contributed by atoms with van der Waals surface area (Å²) in [5.74, 6) is -2.72. The largest absolute Gasteiger partial charge is 0.471 e. The summed E-state index contributed by atoms with van der Waals surface area (Å²) in [5.41, 5.74) is 1.87. The van der Waals surface area contributed by atoms with Crippen molar-refractivity contribution in [3.8, 4) is 0 Å². The van der Waals surface area contributed by atoms with Crippen LogP contribution in [-0.4, -0.2) is 29.0 Å². The number of aryl methyl sites for hydroxylation is 2. The molecule has 1 N–H and O–H groups in total. The van der Waals surface area contributed by atoms with Gasteiger partial charge in [-0.05, 0) is 67.6 Å². The van der Waals surface area contributed by atoms with Crippen molar-refractivity contribution in [2.24, 2.45) is 0 Å². The molecule has 0 saturated heterocycles. The van der Waals surface area contributed by atoms with Crippen molar-refractivity contribution in [1.82, 2.24) is 10.3 Å². The van der Waals surface area contributed by atoms with Crippen LogP contribution in [0.15, 0.2) is 42.7 Å². The molecule has 2 amide bonds. The van der Waals surface area contributed by atoms with Gasteiger partial charge in [-0.15, -0.1) is 0 Å². The Labute approximate surface area is 179 Å². The van der Waals surface area contributed by atoms with E-state index >= 15 is 0 Å². The molecule has 0 aliphatic heterocycles. The summed E-state index contributed by atoms with van der Waals surface area (Å²) in [4.78, 5) is 30.3. The predicted molar refractivity (Wildman–Crippen MR) is 111 cm³/mol. The number of anilines is 1. The first-order valence-electron chi connectivity index (χ1n) is 10.4. The predicted octanol–water partition coefficient (Wildman–Crippen LogP) is 4.78. The number of alkyl halides is 3. The average Bonchev–Trinajstić information content (AvgIpc) is 2.74. The van der Waals surface area contributed by atoms with Gasteiger partial charge >= 0.3 is 12.1 Å². The third kappa shape index (κ3) is 5.42. The third-order valence-corrected chi connectivity index (χ3v) is 5.71. The number of nitrogens with one attached hydrogen (secondary N) is 1. The van der Waals surface area contributed by atoms with Crippen LogP contribution in [0.3, 0.4) is 0 Å². The van der Waals surface area contributed by atoms with Crippen LogP contribution in [0.1, 0.15) is 54.8 Å². The normalized spacial score (nSPS) is 15.9. The van der Waals surface area contributed by atoms with Crippen molar-refractivity contribution in [3.05, 3.63) is 59.4 Å². The van der Waals surface area contributed by atoms with Gasteiger partial charge in [0.15, 0.2) is 0 Å². The molecule has 1 aromatic heterocycles. The maximum absolute atomic E-state index is 13.6. The van der Waals surface area contributed by atoms with Crippen LogP contribution in [0.5, 0.6) is 0 Å². The molecule has 8 heteroatoms. The highest BCUT2D eigenvalue weighted by molar-refractivity contribution is 6.04. The maximum atomic E-state index is 13.6. The number of carbonyl (C=O) groups is 2. The van der Waals surface area contributed by atoms with Gasteiger partial charge in [-0.3, -0.25) is 19.5 Å². The minimum absolute atomic E-state index is 0.0195. The molecule has 0 bridgehead atoms. The van der Waals surface area contributed by atoms with Crippen LogP contribution >= 0.6 is 0 Å². The standard InChI is InChI=1S/C23H26F3N3O2/c1-15-8-9-19(14-16(15)2)29(22(31)23(24,25)26)20(17-10-12-27-13-11-17)21(30)28-18-6-4-3-5-7-18/h8-14,18,20H,3-7H2,1-2H3,(H,28,30)/t20-/m1/s1. The van der Waals surface area contributed by atoms with Gasteiger partial charge < -0.3 is 5.32 Å². The lowest BCUT2D eigenvalue weighted by atomic mass is 9.94. The van der Waals surface area contributed by atoms with Crippen molar-refractivity contribution >= 4 is 17.5 Å². The Morgan fingerprint density at radius 2 is 1.68 bits per heavy atom. The van der Waals surface area contributed by atoms with E-state index in [1.54, 1.807) is 13.0 Å². The van der Waals surface area contributed by atoms with E-state index in [2.05, 4.69) is 10.3 Å². The van der Waals surface area contributed by atoms with Crippen LogP contribution < -0.4 is 10.2 Å². The quantitative estimate of drug-likeness (QED) is 0.738. The smallest absolute Gasteiger partial charge is 0.351 e. The minimum Gasteiger partial charge on any atom is -0.351 e. The second kappa shape index (κ2) is 9.49. The number of benzene rings is 1. The summed E-state index contributed by atoms with van der Waals surface area (Å²) >= 11 is 0. The van der Waals surface area contributed by atoms with Crippen molar-refractivity contribution in [2.45, 2.75) is 64.2 Å². The molecule has 1 aromatic carbocycles. The van der Waals surface area contributed by atoms with E-state index in [0.717, 1.165) is 43.2 Å². The zero-order valence-electron chi connectivity index (χ0n) is 17.6. The van der Waals surface area contributed by atoms with Crippen LogP contribution in [0.2, 0.25) is 0 Å². The number of aromatic nitrogens is 1. The molecular weight excluding hydrogens is 407 g/mol. The summed E-state index contributed by atoms with van der Waals surface area (Å²) in [6, 6.07) is 5.92. The number of carbonyl (C=O) groups excluding carboxylic acids is 2. The van der Waals surface area contributed by atoms with Crippen LogP contribution in [0, 0.1) is 13.8 Å². The highest BCUT2D eigenvalue weighted by atomic mass is 19.4. The first-order valence-corrected chi connectivity index (χ1v) is 10.4. The van der Waals surface area contributed by atoms with E-state index in [-0.39, 0.29) is 17.3 Å². The Morgan fingerprint density at radius 3 is 2.26 bits per heavy atom. The second-order valence-corrected chi connectivity index (χ2v) is 7.97. The zero-order valence-corrected chi connectivity index (χ0v) is 17.6. The fraction of sp³-hybridized carbons (Fsp3) is 0.435. The summed E-state index contributed by atoms with van der Waals surface area (Å²) in [7, 11) is 0. The van der Waals surface area contributed by atoms with Gasteiger partial charge in [-0.25, -0.2) is 0 Å². The molecule has 1 aliphatic rings. The third-order valence-electron chi connectivity index (χ3n) is 5.71. The Morgan fingerprint density at radius 1 is 1.03 bits per heavy atom. The topological polar surface area (TPSA) is 62.3 Å². The molecular formula is C23H26F3N3O2. The van der Waals surface area contributed by atoms with Gasteiger partial charge in [-0.1, -0.05) is 25.3 Å². The average molecular weight is 433 g/mol. The number of amides is 2. The molecule has 0 spiro atoms. The molecule has 0 unspecified atom stereocenters. The number of pyridine rings is 1. The SMILES string of the molecule is Cc1ccc(N(C(=O)C(F)(F)F)[C@@H](C(=O)NC2CCCCC2)c2ccncc2)cc1C. The van der Waals surface area contributed by atoms with Gasteiger partial charge in [0.05, 0.1) is 0 Å². The molecule has 5 nitrogen and oxygen atoms in total. The highest BCUT2D eigenvalue weighted by Gasteiger charge is 2.47. The highest BCUT2D eigenvalue weighted by Crippen LogP contribution is 2.34. The maximum Gasteiger partial charge on any atom is 0.471 e. The molecule has 0 radical (unpaired) electrons. The number of halogens is 3. The second-order valence-electron chi connectivity index (χ2n) is 7.97. The van der Waals surface area contributed by atoms with Crippen molar-refractivity contribution in [2.75, 3.05) is 4.90 Å². The molecule has 1 aliphatic carbocycles. The number of hydrogen-bond donors (Lipinski definition) is 1. The Balaban J connectivity index is 2.08. The molecule has 1 atom stereocenters. The number of hydrogen-bond acceptors (Lipinski definition) is 3. The fourth-order valence-corrected chi connectivity index (χ4v) is 3.89. The zero-order chi connectivity index (χ0) is 22.6. The monoisotopic (exact) mass is 433 g/mol. The molecule has 2 aromatic rings. The Kier molecular flexibility index (Phi) is 6.97. The first kappa shape index (κ1) is 22.8. The molecule has 166 valence electrons. The summed E-state index contributed by atoms with van der Waals surface area (Å²) < 4.78 is 40.9. The van der Waals surface area contributed by atoms with Gasteiger partial charge in [0.2, 0.25) is 5.91 Å². The van der Waals surface area contributed by atoms with Crippen LogP contribution in [0.4, 0.5) is 18.9 Å². The molecule has 1 saturated carbocycles. The van der Waals surface area contributed by atoms with E-state index in [1.165, 1.54) is 36.7 Å². The Bertz CT molecular complexity index is 925. The lowest BCUT2D eigenvalue weighted by Crippen LogP contribution is -2.50. The van der Waals surface area contributed by atoms with E-state index in [0.29, 0.717) is 4.90 Å². The van der Waals surface area contributed by atoms with E-state index in [9.17, 15) is 22.8 Å². The van der Waals surface area contributed by atoms with Gasteiger partial charge in [0, 0.05) is 24.1 Å². The Hall–Kier alpha value is -2.90. The van der Waals surface area contributed by atoms with Gasteiger partial charge in [0.1, 0.15) is 6.04 Å². The lowest BCUT2D eigenvalue weighted by Gasteiger charge is -2.34. The summed E-state index contributed by atoms with van der Waals surface area (Å²) in [6.45, 7) is 3.57. The first-order chi connectivity index (χ1) is 14.7. The van der Waals surface area contributed by atoms with Crippen LogP contribution in [-0.2, 0) is 9.59 Å². The van der Waals surface area contributed by atoms with E-state index < -0.39 is 24.0 Å². The lowest BCUT2D eigenvalue weighted by molar-refractivity contribution is -0.171. The van der Waals surface area contributed by atoms with Crippen LogP contribution in [0.25, 0.3) is 0 Å². The van der Waals surface area contributed by atoms with E-state index in [4.69, 9.17) is 0 Å². The summed E-state index contributed by atoms with van der Waals surface area (Å²) in [6.07, 6.45) is 2.16. The van der Waals surface area contributed by atoms with Crippen molar-refractivity contribution in [3.63, 3.8) is 0 Å². The molecule has 3 rings (SSSR count). The van der Waals surface area contributed by atoms with E-state index in [1.807, 2.05) is 6.92 Å².